The Balaban J connectivity index is 2.43. The quantitative estimate of drug-likeness (QED) is 0.927. The van der Waals surface area contributed by atoms with Crippen molar-refractivity contribution >= 4 is 15.9 Å². The Hall–Kier alpha value is -1.33. The van der Waals surface area contributed by atoms with Crippen molar-refractivity contribution in [2.45, 2.75) is 32.9 Å². The number of halogens is 1. The van der Waals surface area contributed by atoms with Crippen molar-refractivity contribution < 1.29 is 4.74 Å². The van der Waals surface area contributed by atoms with Crippen molar-refractivity contribution in [3.8, 4) is 5.75 Å². The molecule has 0 fully saturated rings. The Morgan fingerprint density at radius 2 is 2.05 bits per heavy atom. The van der Waals surface area contributed by atoms with Crippen LogP contribution >= 0.6 is 15.9 Å². The molecule has 0 bridgehead atoms. The second kappa shape index (κ2) is 5.97. The highest BCUT2D eigenvalue weighted by molar-refractivity contribution is 9.10. The molecule has 0 saturated heterocycles. The predicted molar refractivity (Wildman–Crippen MR) is 84.1 cm³/mol. The fourth-order valence-corrected chi connectivity index (χ4v) is 2.83. The summed E-state index contributed by atoms with van der Waals surface area (Å²) in [5.41, 5.74) is 9.54. The molecule has 1 aromatic heterocycles. The molecule has 1 heterocycles. The van der Waals surface area contributed by atoms with E-state index in [0.717, 1.165) is 27.0 Å². The second-order valence-electron chi connectivity index (χ2n) is 5.12. The molecule has 2 aromatic rings. The van der Waals surface area contributed by atoms with Gasteiger partial charge >= 0.3 is 0 Å². The number of ether oxygens (including phenoxy) is 1. The van der Waals surface area contributed by atoms with E-state index in [1.165, 1.54) is 0 Å². The SMILES string of the molecule is COc1ccc(C(N)c2c(Br)cnn2C(C)C)cc1C. The number of methoxy groups -OCH3 is 1. The van der Waals surface area contributed by atoms with Crippen LogP contribution in [0.3, 0.4) is 0 Å². The summed E-state index contributed by atoms with van der Waals surface area (Å²) >= 11 is 3.54. The lowest BCUT2D eigenvalue weighted by Gasteiger charge is -2.19. The van der Waals surface area contributed by atoms with Crippen LogP contribution in [-0.4, -0.2) is 16.9 Å². The molecule has 0 spiro atoms. The Bertz CT molecular complexity index is 607. The van der Waals surface area contributed by atoms with Gasteiger partial charge < -0.3 is 10.5 Å². The van der Waals surface area contributed by atoms with E-state index in [4.69, 9.17) is 10.5 Å². The number of rotatable bonds is 4. The third kappa shape index (κ3) is 2.74. The van der Waals surface area contributed by atoms with Gasteiger partial charge in [0.15, 0.2) is 0 Å². The molecule has 1 unspecified atom stereocenters. The minimum absolute atomic E-state index is 0.223. The van der Waals surface area contributed by atoms with E-state index < -0.39 is 0 Å². The highest BCUT2D eigenvalue weighted by Crippen LogP contribution is 2.30. The molecule has 1 aromatic carbocycles. The summed E-state index contributed by atoms with van der Waals surface area (Å²) in [6, 6.07) is 6.06. The fraction of sp³-hybridized carbons (Fsp3) is 0.400. The number of hydrogen-bond donors (Lipinski definition) is 1. The molecule has 0 saturated carbocycles. The second-order valence-corrected chi connectivity index (χ2v) is 5.98. The van der Waals surface area contributed by atoms with Crippen LogP contribution < -0.4 is 10.5 Å². The zero-order chi connectivity index (χ0) is 14.9. The highest BCUT2D eigenvalue weighted by atomic mass is 79.9. The summed E-state index contributed by atoms with van der Waals surface area (Å²) in [6.45, 7) is 6.20. The van der Waals surface area contributed by atoms with Crippen LogP contribution in [0.4, 0.5) is 0 Å². The molecule has 1 atom stereocenters. The van der Waals surface area contributed by atoms with Gasteiger partial charge in [0, 0.05) is 6.04 Å². The molecular weight excluding hydrogens is 318 g/mol. The van der Waals surface area contributed by atoms with Gasteiger partial charge in [-0.3, -0.25) is 4.68 Å². The smallest absolute Gasteiger partial charge is 0.121 e. The maximum atomic E-state index is 6.43. The normalized spacial score (nSPS) is 12.8. The van der Waals surface area contributed by atoms with Crippen molar-refractivity contribution in [1.82, 2.24) is 9.78 Å². The molecule has 2 N–H and O–H groups in total. The van der Waals surface area contributed by atoms with E-state index in [1.807, 2.05) is 23.7 Å². The fourth-order valence-electron chi connectivity index (χ4n) is 2.31. The number of aryl methyl sites for hydroxylation is 1. The monoisotopic (exact) mass is 337 g/mol. The summed E-state index contributed by atoms with van der Waals surface area (Å²) in [5.74, 6) is 0.873. The molecule has 20 heavy (non-hydrogen) atoms. The van der Waals surface area contributed by atoms with Gasteiger partial charge in [0.2, 0.25) is 0 Å². The lowest BCUT2D eigenvalue weighted by molar-refractivity contribution is 0.411. The van der Waals surface area contributed by atoms with Crippen molar-refractivity contribution in [2.75, 3.05) is 7.11 Å². The van der Waals surface area contributed by atoms with Crippen LogP contribution in [0, 0.1) is 6.92 Å². The maximum absolute atomic E-state index is 6.43. The summed E-state index contributed by atoms with van der Waals surface area (Å²) in [5, 5.41) is 4.38. The van der Waals surface area contributed by atoms with Gasteiger partial charge in [0.05, 0.1) is 29.5 Å². The van der Waals surface area contributed by atoms with Crippen molar-refractivity contribution in [3.63, 3.8) is 0 Å². The molecule has 4 nitrogen and oxygen atoms in total. The third-order valence-corrected chi connectivity index (χ3v) is 3.96. The van der Waals surface area contributed by atoms with Gasteiger partial charge in [0.25, 0.3) is 0 Å². The average Bonchev–Trinajstić information content (AvgIpc) is 2.80. The zero-order valence-corrected chi connectivity index (χ0v) is 13.8. The molecule has 0 aliphatic heterocycles. The van der Waals surface area contributed by atoms with Gasteiger partial charge in [0.1, 0.15) is 5.75 Å². The van der Waals surface area contributed by atoms with E-state index in [9.17, 15) is 0 Å². The van der Waals surface area contributed by atoms with Crippen molar-refractivity contribution in [3.05, 3.63) is 45.7 Å². The van der Waals surface area contributed by atoms with Gasteiger partial charge in [-0.25, -0.2) is 0 Å². The van der Waals surface area contributed by atoms with E-state index in [-0.39, 0.29) is 12.1 Å². The van der Waals surface area contributed by atoms with Crippen molar-refractivity contribution in [2.24, 2.45) is 5.73 Å². The third-order valence-electron chi connectivity index (χ3n) is 3.35. The van der Waals surface area contributed by atoms with Gasteiger partial charge in [-0.2, -0.15) is 5.10 Å². The number of aromatic nitrogens is 2. The highest BCUT2D eigenvalue weighted by Gasteiger charge is 2.20. The van der Waals surface area contributed by atoms with Gasteiger partial charge in [-0.1, -0.05) is 12.1 Å². The van der Waals surface area contributed by atoms with E-state index in [1.54, 1.807) is 13.3 Å². The number of hydrogen-bond acceptors (Lipinski definition) is 3. The molecule has 0 aliphatic carbocycles. The standard InChI is InChI=1S/C15H20BrN3O/c1-9(2)19-15(12(16)8-18-19)14(17)11-5-6-13(20-4)10(3)7-11/h5-9,14H,17H2,1-4H3. The summed E-state index contributed by atoms with van der Waals surface area (Å²) in [4.78, 5) is 0. The van der Waals surface area contributed by atoms with Crippen LogP contribution in [0.15, 0.2) is 28.9 Å². The molecule has 108 valence electrons. The van der Waals surface area contributed by atoms with Crippen LogP contribution in [0.1, 0.15) is 42.8 Å². The number of nitrogens with zero attached hydrogens (tertiary/aromatic N) is 2. The summed E-state index contributed by atoms with van der Waals surface area (Å²) in [7, 11) is 1.67. The van der Waals surface area contributed by atoms with E-state index in [2.05, 4.69) is 40.9 Å². The first-order chi connectivity index (χ1) is 9.45. The lowest BCUT2D eigenvalue weighted by Crippen LogP contribution is -2.19. The Kier molecular flexibility index (Phi) is 4.50. The first-order valence-corrected chi connectivity index (χ1v) is 7.38. The Labute approximate surface area is 128 Å². The van der Waals surface area contributed by atoms with Crippen LogP contribution in [0.5, 0.6) is 5.75 Å². The van der Waals surface area contributed by atoms with Gasteiger partial charge in [-0.15, -0.1) is 0 Å². The molecule has 0 radical (unpaired) electrons. The van der Waals surface area contributed by atoms with Gasteiger partial charge in [-0.05, 0) is 53.9 Å². The summed E-state index contributed by atoms with van der Waals surface area (Å²) in [6.07, 6.45) is 1.80. The largest absolute Gasteiger partial charge is 0.496 e. The van der Waals surface area contributed by atoms with Crippen molar-refractivity contribution in [1.29, 1.82) is 0 Å². The Morgan fingerprint density at radius 1 is 1.35 bits per heavy atom. The molecule has 5 heteroatoms. The average molecular weight is 338 g/mol. The van der Waals surface area contributed by atoms with E-state index in [0.29, 0.717) is 0 Å². The van der Waals surface area contributed by atoms with Crippen LogP contribution in [0.25, 0.3) is 0 Å². The minimum Gasteiger partial charge on any atom is -0.496 e. The molecule has 0 aliphatic rings. The zero-order valence-electron chi connectivity index (χ0n) is 12.2. The molecule has 0 amide bonds. The molecular formula is C15H20BrN3O. The number of benzene rings is 1. The first kappa shape index (κ1) is 15.1. The Morgan fingerprint density at radius 3 is 2.60 bits per heavy atom. The summed E-state index contributed by atoms with van der Waals surface area (Å²) < 4.78 is 8.18. The van der Waals surface area contributed by atoms with Crippen LogP contribution in [0.2, 0.25) is 0 Å². The topological polar surface area (TPSA) is 53.1 Å². The minimum atomic E-state index is -0.223. The molecule has 2 rings (SSSR count). The first-order valence-electron chi connectivity index (χ1n) is 6.58. The van der Waals surface area contributed by atoms with Crippen LogP contribution in [-0.2, 0) is 0 Å². The maximum Gasteiger partial charge on any atom is 0.121 e. The lowest BCUT2D eigenvalue weighted by atomic mass is 10.0. The number of nitrogens with two attached hydrogens (primary N) is 1. The van der Waals surface area contributed by atoms with E-state index >= 15 is 0 Å². The predicted octanol–water partition coefficient (Wildman–Crippen LogP) is 3.59.